The second-order valence-electron chi connectivity index (χ2n) is 6.97. The summed E-state index contributed by atoms with van der Waals surface area (Å²) in [5.41, 5.74) is 2.33. The molecule has 1 aromatic carbocycles. The van der Waals surface area contributed by atoms with Crippen LogP contribution in [0.4, 0.5) is 0 Å². The topological polar surface area (TPSA) is 53.1 Å². The maximum atomic E-state index is 5.88. The van der Waals surface area contributed by atoms with Crippen LogP contribution in [0.3, 0.4) is 0 Å². The Hall–Kier alpha value is -2.31. The average molecular weight is 370 g/mol. The minimum Gasteiger partial charge on any atom is -0.496 e. The summed E-state index contributed by atoms with van der Waals surface area (Å²) < 4.78 is 23.0. The lowest BCUT2D eigenvalue weighted by Gasteiger charge is -2.27. The number of ether oxygens (including phenoxy) is 4. The molecule has 0 amide bonds. The molecule has 0 aliphatic carbocycles. The molecule has 3 heterocycles. The summed E-state index contributed by atoms with van der Waals surface area (Å²) in [6, 6.07) is 8.09. The Morgan fingerprint density at radius 2 is 1.85 bits per heavy atom. The van der Waals surface area contributed by atoms with E-state index in [1.807, 2.05) is 24.5 Å². The third kappa shape index (κ3) is 4.51. The van der Waals surface area contributed by atoms with Gasteiger partial charge >= 0.3 is 0 Å². The van der Waals surface area contributed by atoms with Crippen LogP contribution in [0.15, 0.2) is 36.7 Å². The van der Waals surface area contributed by atoms with E-state index in [0.29, 0.717) is 13.2 Å². The second kappa shape index (κ2) is 8.59. The maximum Gasteiger partial charge on any atom is 0.165 e. The summed E-state index contributed by atoms with van der Waals surface area (Å²) in [5, 5.41) is 0. The van der Waals surface area contributed by atoms with Crippen molar-refractivity contribution in [3.8, 4) is 17.2 Å². The lowest BCUT2D eigenvalue weighted by atomic mass is 10.1. The Balaban J connectivity index is 1.56. The third-order valence-electron chi connectivity index (χ3n) is 4.98. The smallest absolute Gasteiger partial charge is 0.165 e. The van der Waals surface area contributed by atoms with Crippen molar-refractivity contribution in [2.45, 2.75) is 32.0 Å². The molecular formula is C21H26N2O4. The standard InChI is InChI=1S/C21H26N2O4/c1-24-19-12-21-20(26-9-10-27-21)11-17(19)14-23(15-18-3-2-8-25-18)13-16-4-6-22-7-5-16/h4-7,11-12,18H,2-3,8-10,13-15H2,1H3/t18-/m1/s1. The van der Waals surface area contributed by atoms with Crippen molar-refractivity contribution in [3.63, 3.8) is 0 Å². The molecule has 1 aromatic heterocycles. The molecule has 27 heavy (non-hydrogen) atoms. The maximum absolute atomic E-state index is 5.88. The average Bonchev–Trinajstić information content (AvgIpc) is 3.21. The van der Waals surface area contributed by atoms with Crippen molar-refractivity contribution < 1.29 is 18.9 Å². The van der Waals surface area contributed by atoms with Crippen LogP contribution >= 0.6 is 0 Å². The molecule has 0 bridgehead atoms. The highest BCUT2D eigenvalue weighted by Crippen LogP contribution is 2.37. The lowest BCUT2D eigenvalue weighted by Crippen LogP contribution is -2.31. The van der Waals surface area contributed by atoms with Gasteiger partial charge in [0, 0.05) is 50.3 Å². The van der Waals surface area contributed by atoms with Crippen molar-refractivity contribution >= 4 is 0 Å². The van der Waals surface area contributed by atoms with Gasteiger partial charge in [0.15, 0.2) is 11.5 Å². The Morgan fingerprint density at radius 1 is 1.07 bits per heavy atom. The van der Waals surface area contributed by atoms with E-state index in [1.54, 1.807) is 7.11 Å². The van der Waals surface area contributed by atoms with E-state index in [2.05, 4.69) is 22.0 Å². The van der Waals surface area contributed by atoms with Gasteiger partial charge in [0.05, 0.1) is 13.2 Å². The van der Waals surface area contributed by atoms with Crippen molar-refractivity contribution in [1.29, 1.82) is 0 Å². The monoisotopic (exact) mass is 370 g/mol. The number of nitrogens with zero attached hydrogens (tertiary/aromatic N) is 2. The van der Waals surface area contributed by atoms with Crippen LogP contribution in [0, 0.1) is 0 Å². The summed E-state index contributed by atoms with van der Waals surface area (Å²) in [5.74, 6) is 2.37. The SMILES string of the molecule is COc1cc2c(cc1CN(Cc1ccncc1)C[C@H]1CCCO1)OCCO2. The number of hydrogen-bond donors (Lipinski definition) is 0. The molecule has 0 unspecified atom stereocenters. The zero-order chi connectivity index (χ0) is 18.5. The van der Waals surface area contributed by atoms with Gasteiger partial charge in [-0.15, -0.1) is 0 Å². The molecule has 1 fully saturated rings. The number of pyridine rings is 1. The van der Waals surface area contributed by atoms with Crippen LogP contribution in [-0.2, 0) is 17.8 Å². The fraction of sp³-hybridized carbons (Fsp3) is 0.476. The van der Waals surface area contributed by atoms with E-state index in [0.717, 1.165) is 61.9 Å². The minimum absolute atomic E-state index is 0.287. The van der Waals surface area contributed by atoms with Crippen LogP contribution in [0.1, 0.15) is 24.0 Å². The van der Waals surface area contributed by atoms with Gasteiger partial charge in [0.1, 0.15) is 19.0 Å². The van der Waals surface area contributed by atoms with Gasteiger partial charge in [-0.25, -0.2) is 0 Å². The number of rotatable bonds is 7. The van der Waals surface area contributed by atoms with Crippen molar-refractivity contribution in [1.82, 2.24) is 9.88 Å². The summed E-state index contributed by atoms with van der Waals surface area (Å²) >= 11 is 0. The van der Waals surface area contributed by atoms with Crippen LogP contribution in [0.25, 0.3) is 0 Å². The molecule has 0 N–H and O–H groups in total. The minimum atomic E-state index is 0.287. The number of aromatic nitrogens is 1. The first-order valence-electron chi connectivity index (χ1n) is 9.51. The Kier molecular flexibility index (Phi) is 5.75. The summed E-state index contributed by atoms with van der Waals surface area (Å²) in [6.07, 6.45) is 6.22. The van der Waals surface area contributed by atoms with E-state index in [-0.39, 0.29) is 6.10 Å². The third-order valence-corrected chi connectivity index (χ3v) is 4.98. The van der Waals surface area contributed by atoms with Crippen molar-refractivity contribution in [3.05, 3.63) is 47.8 Å². The van der Waals surface area contributed by atoms with E-state index >= 15 is 0 Å². The van der Waals surface area contributed by atoms with E-state index in [1.165, 1.54) is 5.56 Å². The van der Waals surface area contributed by atoms with E-state index in [9.17, 15) is 0 Å². The molecule has 2 aliphatic rings. The first-order chi connectivity index (χ1) is 13.3. The molecule has 6 heteroatoms. The molecule has 0 saturated carbocycles. The van der Waals surface area contributed by atoms with Crippen LogP contribution in [0.2, 0.25) is 0 Å². The molecule has 2 aromatic rings. The first kappa shape index (κ1) is 18.1. The molecule has 1 atom stereocenters. The van der Waals surface area contributed by atoms with Crippen LogP contribution < -0.4 is 14.2 Å². The summed E-state index contributed by atoms with van der Waals surface area (Å²) in [4.78, 5) is 6.52. The predicted molar refractivity (Wildman–Crippen MR) is 101 cm³/mol. The summed E-state index contributed by atoms with van der Waals surface area (Å²) in [6.45, 7) is 4.49. The molecule has 2 aliphatic heterocycles. The lowest BCUT2D eigenvalue weighted by molar-refractivity contribution is 0.0675. The van der Waals surface area contributed by atoms with Gasteiger partial charge in [-0.1, -0.05) is 0 Å². The molecular weight excluding hydrogens is 344 g/mol. The fourth-order valence-corrected chi connectivity index (χ4v) is 3.67. The highest BCUT2D eigenvalue weighted by molar-refractivity contribution is 5.51. The normalized spacial score (nSPS) is 18.7. The molecule has 0 spiro atoms. The molecule has 6 nitrogen and oxygen atoms in total. The molecule has 144 valence electrons. The van der Waals surface area contributed by atoms with Crippen LogP contribution in [0.5, 0.6) is 17.2 Å². The Labute approximate surface area is 160 Å². The molecule has 0 radical (unpaired) electrons. The highest BCUT2D eigenvalue weighted by atomic mass is 16.6. The van der Waals surface area contributed by atoms with Crippen LogP contribution in [-0.4, -0.2) is 49.5 Å². The van der Waals surface area contributed by atoms with Gasteiger partial charge < -0.3 is 18.9 Å². The number of methoxy groups -OCH3 is 1. The predicted octanol–water partition coefficient (Wildman–Crippen LogP) is 3.04. The fourth-order valence-electron chi connectivity index (χ4n) is 3.67. The van der Waals surface area contributed by atoms with Gasteiger partial charge in [0.25, 0.3) is 0 Å². The number of benzene rings is 1. The Morgan fingerprint density at radius 3 is 2.56 bits per heavy atom. The van der Waals surface area contributed by atoms with Gasteiger partial charge in [-0.05, 0) is 36.6 Å². The molecule has 1 saturated heterocycles. The van der Waals surface area contributed by atoms with E-state index in [4.69, 9.17) is 18.9 Å². The quantitative estimate of drug-likeness (QED) is 0.747. The molecule has 4 rings (SSSR count). The first-order valence-corrected chi connectivity index (χ1v) is 9.51. The highest BCUT2D eigenvalue weighted by Gasteiger charge is 2.22. The van der Waals surface area contributed by atoms with Gasteiger partial charge in [-0.3, -0.25) is 9.88 Å². The zero-order valence-electron chi connectivity index (χ0n) is 15.7. The number of hydrogen-bond acceptors (Lipinski definition) is 6. The van der Waals surface area contributed by atoms with Crippen molar-refractivity contribution in [2.75, 3.05) is 33.5 Å². The Bertz CT molecular complexity index is 747. The largest absolute Gasteiger partial charge is 0.496 e. The van der Waals surface area contributed by atoms with Gasteiger partial charge in [0.2, 0.25) is 0 Å². The number of fused-ring (bicyclic) bond motifs is 1. The summed E-state index contributed by atoms with van der Waals surface area (Å²) in [7, 11) is 1.70. The van der Waals surface area contributed by atoms with Gasteiger partial charge in [-0.2, -0.15) is 0 Å². The van der Waals surface area contributed by atoms with E-state index < -0.39 is 0 Å². The van der Waals surface area contributed by atoms with Crippen molar-refractivity contribution in [2.24, 2.45) is 0 Å². The second-order valence-corrected chi connectivity index (χ2v) is 6.97. The zero-order valence-corrected chi connectivity index (χ0v) is 15.7.